The minimum Gasteiger partial charge on any atom is -0.461 e. The highest BCUT2D eigenvalue weighted by atomic mass is 16.5. The summed E-state index contributed by atoms with van der Waals surface area (Å²) in [4.78, 5) is 49.3. The lowest BCUT2D eigenvalue weighted by Crippen LogP contribution is -2.46. The van der Waals surface area contributed by atoms with Gasteiger partial charge in [-0.3, -0.25) is 14.4 Å². The summed E-state index contributed by atoms with van der Waals surface area (Å²) < 4.78 is 5.36. The number of carbonyl (C=O) groups excluding carboxylic acids is 4. The van der Waals surface area contributed by atoms with Crippen molar-refractivity contribution in [3.8, 4) is 0 Å². The van der Waals surface area contributed by atoms with Crippen molar-refractivity contribution in [3.63, 3.8) is 0 Å². The molecule has 0 aliphatic carbocycles. The zero-order valence-corrected chi connectivity index (χ0v) is 24.7. The van der Waals surface area contributed by atoms with Crippen molar-refractivity contribution in [1.82, 2.24) is 16.0 Å². The summed E-state index contributed by atoms with van der Waals surface area (Å²) in [6.45, 7) is 13.6. The van der Waals surface area contributed by atoms with Crippen LogP contribution in [0.1, 0.15) is 84.8 Å². The van der Waals surface area contributed by atoms with E-state index in [1.54, 1.807) is 0 Å². The smallest absolute Gasteiger partial charge is 0.312 e. The number of hydrogen-bond donors (Lipinski definition) is 4. The Morgan fingerprint density at radius 2 is 1.54 bits per heavy atom. The third-order valence-electron chi connectivity index (χ3n) is 6.45. The second-order valence-corrected chi connectivity index (χ2v) is 11.3. The predicted octanol–water partition coefficient (Wildman–Crippen LogP) is 3.87. The Morgan fingerprint density at radius 1 is 0.897 bits per heavy atom. The maximum Gasteiger partial charge on any atom is 0.312 e. The van der Waals surface area contributed by atoms with Gasteiger partial charge in [0, 0.05) is 31.3 Å². The molecule has 0 heterocycles. The average Bonchev–Trinajstić information content (AvgIpc) is 2.85. The molecule has 0 fully saturated rings. The minimum atomic E-state index is -0.661. The quantitative estimate of drug-likeness (QED) is 0.153. The lowest BCUT2D eigenvalue weighted by atomic mass is 9.86. The number of hydrogen-bond acceptors (Lipinski definition) is 6. The number of urea groups is 1. The Balaban J connectivity index is 2.73. The van der Waals surface area contributed by atoms with Crippen LogP contribution in [0.25, 0.3) is 0 Å². The predicted molar refractivity (Wildman–Crippen MR) is 154 cm³/mol. The Bertz CT molecular complexity index is 899. The number of rotatable bonds is 19. The molecule has 0 aromatic heterocycles. The van der Waals surface area contributed by atoms with Crippen LogP contribution >= 0.6 is 0 Å². The monoisotopic (exact) mass is 546 g/mol. The van der Waals surface area contributed by atoms with Crippen LogP contribution in [-0.2, 0) is 32.1 Å². The van der Waals surface area contributed by atoms with E-state index in [1.165, 1.54) is 0 Å². The number of amides is 3. The van der Waals surface area contributed by atoms with Gasteiger partial charge in [0.15, 0.2) is 5.78 Å². The number of nitrogens with two attached hydrogens (primary N) is 1. The highest BCUT2D eigenvalue weighted by Gasteiger charge is 2.28. The number of primary amides is 1. The van der Waals surface area contributed by atoms with Crippen molar-refractivity contribution in [1.29, 1.82) is 0 Å². The molecule has 0 saturated carbocycles. The van der Waals surface area contributed by atoms with Crippen molar-refractivity contribution >= 4 is 23.7 Å². The number of benzene rings is 1. The molecule has 0 bridgehead atoms. The van der Waals surface area contributed by atoms with E-state index in [4.69, 9.17) is 10.5 Å². The van der Waals surface area contributed by atoms with Crippen LogP contribution in [0.4, 0.5) is 4.79 Å². The highest BCUT2D eigenvalue weighted by molar-refractivity contribution is 5.91. The van der Waals surface area contributed by atoms with Crippen LogP contribution < -0.4 is 21.7 Å². The fourth-order valence-corrected chi connectivity index (χ4v) is 4.24. The topological polar surface area (TPSA) is 140 Å². The molecule has 39 heavy (non-hydrogen) atoms. The molecular weight excluding hydrogens is 496 g/mol. The first kappa shape index (κ1) is 34.1. The molecule has 9 nitrogen and oxygen atoms in total. The SMILES string of the molecule is CC(C)C[C@H](C(=O)N[C@@H](CCCNC(N)=O)C(=O)Cc1ccc(COC(=O)CCCNC(C)C)cc1)C(C)C. The fourth-order valence-electron chi connectivity index (χ4n) is 4.24. The van der Waals surface area contributed by atoms with Gasteiger partial charge in [-0.2, -0.15) is 0 Å². The molecule has 1 rings (SSSR count). The van der Waals surface area contributed by atoms with Crippen LogP contribution in [0.3, 0.4) is 0 Å². The Hall–Kier alpha value is -2.94. The van der Waals surface area contributed by atoms with Gasteiger partial charge in [0.1, 0.15) is 6.61 Å². The third kappa shape index (κ3) is 15.3. The molecule has 220 valence electrons. The molecule has 3 amide bonds. The molecular formula is C30H50N4O5. The molecule has 1 aromatic rings. The van der Waals surface area contributed by atoms with Gasteiger partial charge in [0.05, 0.1) is 6.04 Å². The largest absolute Gasteiger partial charge is 0.461 e. The van der Waals surface area contributed by atoms with Gasteiger partial charge < -0.3 is 26.4 Å². The lowest BCUT2D eigenvalue weighted by Gasteiger charge is -2.25. The van der Waals surface area contributed by atoms with Crippen LogP contribution in [0.15, 0.2) is 24.3 Å². The standard InChI is InChI=1S/C30H50N4O5/c1-20(2)17-25(21(3)4)29(37)34-26(9-7-16-33-30(31)38)27(35)18-23-11-13-24(14-12-23)19-39-28(36)10-8-15-32-22(5)6/h11-14,20-22,25-26,32H,7-10,15-19H2,1-6H3,(H,34,37)(H3,31,33,38)/t25-,26-/m0/s1. The molecule has 0 radical (unpaired) electrons. The zero-order chi connectivity index (χ0) is 29.4. The molecule has 0 spiro atoms. The van der Waals surface area contributed by atoms with Gasteiger partial charge in [0.25, 0.3) is 0 Å². The molecule has 0 aliphatic heterocycles. The number of ether oxygens (including phenoxy) is 1. The normalized spacial score (nSPS) is 12.8. The summed E-state index contributed by atoms with van der Waals surface area (Å²) in [6.07, 6.45) is 2.90. The van der Waals surface area contributed by atoms with Gasteiger partial charge in [-0.15, -0.1) is 0 Å². The summed E-state index contributed by atoms with van der Waals surface area (Å²) in [5.41, 5.74) is 6.80. The zero-order valence-electron chi connectivity index (χ0n) is 24.7. The van der Waals surface area contributed by atoms with E-state index < -0.39 is 12.1 Å². The summed E-state index contributed by atoms with van der Waals surface area (Å²) in [6, 6.07) is 6.49. The maximum absolute atomic E-state index is 13.3. The van der Waals surface area contributed by atoms with Crippen LogP contribution in [0.2, 0.25) is 0 Å². The molecule has 0 unspecified atom stereocenters. The van der Waals surface area contributed by atoms with Gasteiger partial charge >= 0.3 is 12.0 Å². The number of carbonyl (C=O) groups is 4. The Kier molecular flexibility index (Phi) is 16.1. The fraction of sp³-hybridized carbons (Fsp3) is 0.667. The van der Waals surface area contributed by atoms with Crippen molar-refractivity contribution in [2.75, 3.05) is 13.1 Å². The summed E-state index contributed by atoms with van der Waals surface area (Å²) in [5, 5.41) is 8.79. The number of ketones is 1. The van der Waals surface area contributed by atoms with Crippen molar-refractivity contribution in [3.05, 3.63) is 35.4 Å². The summed E-state index contributed by atoms with van der Waals surface area (Å²) in [5.74, 6) is -0.116. The minimum absolute atomic E-state index is 0.0938. The van der Waals surface area contributed by atoms with E-state index in [0.29, 0.717) is 37.8 Å². The maximum atomic E-state index is 13.3. The lowest BCUT2D eigenvalue weighted by molar-refractivity contribution is -0.145. The molecule has 1 aromatic carbocycles. The molecule has 0 saturated heterocycles. The van der Waals surface area contributed by atoms with E-state index in [-0.39, 0.29) is 42.5 Å². The van der Waals surface area contributed by atoms with E-state index >= 15 is 0 Å². The second kappa shape index (κ2) is 18.4. The first-order valence-electron chi connectivity index (χ1n) is 14.2. The van der Waals surface area contributed by atoms with Crippen molar-refractivity contribution < 1.29 is 23.9 Å². The highest BCUT2D eigenvalue weighted by Crippen LogP contribution is 2.21. The van der Waals surface area contributed by atoms with Gasteiger partial charge in [-0.05, 0) is 55.2 Å². The van der Waals surface area contributed by atoms with E-state index in [0.717, 1.165) is 30.5 Å². The van der Waals surface area contributed by atoms with E-state index in [2.05, 4.69) is 43.6 Å². The van der Waals surface area contributed by atoms with Gasteiger partial charge in [-0.25, -0.2) is 4.79 Å². The average molecular weight is 547 g/mol. The molecule has 0 aliphatic rings. The van der Waals surface area contributed by atoms with Crippen molar-refractivity contribution in [2.45, 2.75) is 98.8 Å². The second-order valence-electron chi connectivity index (χ2n) is 11.3. The van der Waals surface area contributed by atoms with E-state index in [9.17, 15) is 19.2 Å². The van der Waals surface area contributed by atoms with Crippen LogP contribution in [0.5, 0.6) is 0 Å². The number of nitrogens with one attached hydrogen (secondary N) is 3. The first-order chi connectivity index (χ1) is 18.4. The summed E-state index contributed by atoms with van der Waals surface area (Å²) in [7, 11) is 0. The molecule has 2 atom stereocenters. The Morgan fingerprint density at radius 3 is 2.10 bits per heavy atom. The van der Waals surface area contributed by atoms with Gasteiger partial charge in [0.2, 0.25) is 5.91 Å². The number of esters is 1. The van der Waals surface area contributed by atoms with Crippen LogP contribution in [-0.4, -0.2) is 48.9 Å². The Labute approximate surface area is 234 Å². The van der Waals surface area contributed by atoms with Gasteiger partial charge in [-0.1, -0.05) is 65.8 Å². The molecule has 9 heteroatoms. The molecule has 5 N–H and O–H groups in total. The van der Waals surface area contributed by atoms with Crippen molar-refractivity contribution in [2.24, 2.45) is 23.5 Å². The summed E-state index contributed by atoms with van der Waals surface area (Å²) >= 11 is 0. The number of Topliss-reactive ketones (excluding diaryl/α,β-unsaturated/α-hetero) is 1. The van der Waals surface area contributed by atoms with E-state index in [1.807, 2.05) is 38.1 Å². The third-order valence-corrected chi connectivity index (χ3v) is 6.45. The van der Waals surface area contributed by atoms with Crippen LogP contribution in [0, 0.1) is 17.8 Å². The first-order valence-corrected chi connectivity index (χ1v) is 14.2.